The van der Waals surface area contributed by atoms with Gasteiger partial charge in [0.1, 0.15) is 5.82 Å². The van der Waals surface area contributed by atoms with Crippen LogP contribution in [0.2, 0.25) is 0 Å². The van der Waals surface area contributed by atoms with Crippen molar-refractivity contribution in [2.24, 2.45) is 0 Å². The highest BCUT2D eigenvalue weighted by Crippen LogP contribution is 1.88. The van der Waals surface area contributed by atoms with Crippen LogP contribution in [0.3, 0.4) is 0 Å². The van der Waals surface area contributed by atoms with Crippen LogP contribution in [-0.4, -0.2) is 9.97 Å². The fourth-order valence-electron chi connectivity index (χ4n) is 0.599. The lowest BCUT2D eigenvalue weighted by molar-refractivity contribution is 0.990. The van der Waals surface area contributed by atoms with Gasteiger partial charge < -0.3 is 0 Å². The second kappa shape index (κ2) is 3.59. The molecule has 0 saturated heterocycles. The van der Waals surface area contributed by atoms with Crippen LogP contribution in [0.25, 0.3) is 0 Å². The first-order valence-electron chi connectivity index (χ1n) is 3.03. The fraction of sp³-hybridized carbons (Fsp3) is 0.125. The Hall–Kier alpha value is -1.40. The van der Waals surface area contributed by atoms with E-state index in [4.69, 9.17) is 0 Å². The van der Waals surface area contributed by atoms with E-state index in [0.717, 1.165) is 5.82 Å². The van der Waals surface area contributed by atoms with Crippen LogP contribution in [0, 0.1) is 0 Å². The third-order valence-electron chi connectivity index (χ3n) is 1.05. The van der Waals surface area contributed by atoms with Crippen LogP contribution in [-0.2, 0) is 6.42 Å². The highest BCUT2D eigenvalue weighted by atomic mass is 14.8. The molecule has 0 fully saturated rings. The maximum absolute atomic E-state index is 4.01. The number of hydrogen-bond acceptors (Lipinski definition) is 2. The van der Waals surface area contributed by atoms with Crippen molar-refractivity contribution in [3.8, 4) is 0 Å². The number of nitrogens with zero attached hydrogens (tertiary/aromatic N) is 2. The van der Waals surface area contributed by atoms with Crippen molar-refractivity contribution in [2.45, 2.75) is 6.42 Å². The van der Waals surface area contributed by atoms with E-state index in [-0.39, 0.29) is 0 Å². The minimum Gasteiger partial charge on any atom is -0.241 e. The van der Waals surface area contributed by atoms with Crippen LogP contribution in [0.15, 0.2) is 36.8 Å². The van der Waals surface area contributed by atoms with Gasteiger partial charge in [0.05, 0.1) is 0 Å². The Morgan fingerprint density at radius 3 is 2.80 bits per heavy atom. The van der Waals surface area contributed by atoms with Gasteiger partial charge in [-0.2, -0.15) is 0 Å². The smallest absolute Gasteiger partial charge is 0.132 e. The maximum Gasteiger partial charge on any atom is 0.132 e. The van der Waals surface area contributed by atoms with Crippen molar-refractivity contribution in [1.29, 1.82) is 0 Å². The normalized spacial score (nSPS) is 8.40. The molecule has 0 N–H and O–H groups in total. The molecule has 0 aromatic carbocycles. The lowest BCUT2D eigenvalue weighted by Crippen LogP contribution is -1.88. The molecule has 1 aromatic rings. The molecule has 0 atom stereocenters. The van der Waals surface area contributed by atoms with Crippen molar-refractivity contribution < 1.29 is 0 Å². The van der Waals surface area contributed by atoms with Crippen LogP contribution in [0.4, 0.5) is 0 Å². The molecular formula is C8H8N2. The average molecular weight is 132 g/mol. The molecule has 0 bridgehead atoms. The lowest BCUT2D eigenvalue weighted by atomic mass is 10.4. The van der Waals surface area contributed by atoms with Gasteiger partial charge in [-0.3, -0.25) is 0 Å². The molecule has 10 heavy (non-hydrogen) atoms. The van der Waals surface area contributed by atoms with E-state index in [1.807, 2.05) is 0 Å². The largest absolute Gasteiger partial charge is 0.241 e. The maximum atomic E-state index is 4.01. The summed E-state index contributed by atoms with van der Waals surface area (Å²) >= 11 is 0. The van der Waals surface area contributed by atoms with Crippen molar-refractivity contribution in [3.63, 3.8) is 0 Å². The molecule has 1 heterocycles. The van der Waals surface area contributed by atoms with Crippen molar-refractivity contribution in [2.75, 3.05) is 0 Å². The second-order valence-electron chi connectivity index (χ2n) is 1.78. The van der Waals surface area contributed by atoms with E-state index in [0.29, 0.717) is 6.42 Å². The van der Waals surface area contributed by atoms with E-state index in [9.17, 15) is 0 Å². The molecule has 0 amide bonds. The zero-order chi connectivity index (χ0) is 7.23. The lowest BCUT2D eigenvalue weighted by Gasteiger charge is -1.89. The Kier molecular flexibility index (Phi) is 2.41. The Balaban J connectivity index is 2.67. The molecule has 0 aliphatic carbocycles. The van der Waals surface area contributed by atoms with Gasteiger partial charge in [-0.25, -0.2) is 9.97 Å². The Morgan fingerprint density at radius 1 is 1.50 bits per heavy atom. The Labute approximate surface area is 60.0 Å². The van der Waals surface area contributed by atoms with E-state index in [1.165, 1.54) is 0 Å². The Bertz CT molecular complexity index is 235. The topological polar surface area (TPSA) is 25.8 Å². The number of hydrogen-bond donors (Lipinski definition) is 0. The molecule has 50 valence electrons. The Morgan fingerprint density at radius 2 is 2.20 bits per heavy atom. The van der Waals surface area contributed by atoms with Gasteiger partial charge in [-0.1, -0.05) is 6.58 Å². The summed E-state index contributed by atoms with van der Waals surface area (Å²) in [6.45, 7) is 3.44. The molecule has 2 heteroatoms. The number of aromatic nitrogens is 2. The summed E-state index contributed by atoms with van der Waals surface area (Å²) in [5, 5.41) is 0. The molecule has 0 spiro atoms. The summed E-state index contributed by atoms with van der Waals surface area (Å²) in [6, 6.07) is 1.79. The summed E-state index contributed by atoms with van der Waals surface area (Å²) in [7, 11) is 0. The fourth-order valence-corrected chi connectivity index (χ4v) is 0.599. The molecule has 0 unspecified atom stereocenters. The first-order chi connectivity index (χ1) is 4.93. The SMILES string of the molecule is C=C=CCc1ncccn1. The monoisotopic (exact) mass is 132 g/mol. The standard InChI is InChI=1S/C8H8N2/c1-2-3-5-8-9-6-4-7-10-8/h3-4,6-7H,1,5H2. The minimum atomic E-state index is 0.713. The number of allylic oxidation sites excluding steroid dienone is 1. The van der Waals surface area contributed by atoms with Gasteiger partial charge in [0.25, 0.3) is 0 Å². The second-order valence-corrected chi connectivity index (χ2v) is 1.78. The van der Waals surface area contributed by atoms with Crippen LogP contribution < -0.4 is 0 Å². The zero-order valence-electron chi connectivity index (χ0n) is 5.62. The van der Waals surface area contributed by atoms with Gasteiger partial charge in [0.2, 0.25) is 0 Å². The zero-order valence-corrected chi connectivity index (χ0v) is 5.62. The summed E-state index contributed by atoms with van der Waals surface area (Å²) in [6.07, 6.45) is 5.96. The molecule has 1 aromatic heterocycles. The first kappa shape index (κ1) is 6.72. The molecular weight excluding hydrogens is 124 g/mol. The summed E-state index contributed by atoms with van der Waals surface area (Å²) < 4.78 is 0. The van der Waals surface area contributed by atoms with Gasteiger partial charge in [-0.15, -0.1) is 5.73 Å². The number of rotatable bonds is 2. The predicted octanol–water partition coefficient (Wildman–Crippen LogP) is 1.36. The molecule has 0 saturated carbocycles. The summed E-state index contributed by atoms with van der Waals surface area (Å²) in [4.78, 5) is 8.01. The molecule has 0 aliphatic rings. The van der Waals surface area contributed by atoms with E-state index in [1.54, 1.807) is 24.5 Å². The van der Waals surface area contributed by atoms with Crippen molar-refractivity contribution in [3.05, 3.63) is 42.7 Å². The van der Waals surface area contributed by atoms with E-state index < -0.39 is 0 Å². The van der Waals surface area contributed by atoms with Crippen LogP contribution in [0.1, 0.15) is 5.82 Å². The molecule has 0 aliphatic heterocycles. The van der Waals surface area contributed by atoms with E-state index >= 15 is 0 Å². The van der Waals surface area contributed by atoms with Gasteiger partial charge >= 0.3 is 0 Å². The van der Waals surface area contributed by atoms with E-state index in [2.05, 4.69) is 22.3 Å². The first-order valence-corrected chi connectivity index (χ1v) is 3.03. The van der Waals surface area contributed by atoms with Gasteiger partial charge in [-0.05, 0) is 12.1 Å². The summed E-state index contributed by atoms with van der Waals surface area (Å²) in [5.41, 5.74) is 2.66. The predicted molar refractivity (Wildman–Crippen MR) is 39.4 cm³/mol. The third kappa shape index (κ3) is 1.84. The van der Waals surface area contributed by atoms with Crippen LogP contribution in [0.5, 0.6) is 0 Å². The third-order valence-corrected chi connectivity index (χ3v) is 1.05. The molecule has 2 nitrogen and oxygen atoms in total. The molecule has 0 radical (unpaired) electrons. The van der Waals surface area contributed by atoms with Gasteiger partial charge in [0, 0.05) is 18.8 Å². The van der Waals surface area contributed by atoms with Crippen molar-refractivity contribution >= 4 is 0 Å². The van der Waals surface area contributed by atoms with Crippen molar-refractivity contribution in [1.82, 2.24) is 9.97 Å². The van der Waals surface area contributed by atoms with Gasteiger partial charge in [0.15, 0.2) is 0 Å². The quantitative estimate of drug-likeness (QED) is 0.568. The summed E-state index contributed by atoms with van der Waals surface area (Å²) in [5.74, 6) is 0.804. The highest BCUT2D eigenvalue weighted by molar-refractivity contribution is 4.94. The molecule has 1 rings (SSSR count). The van der Waals surface area contributed by atoms with Crippen LogP contribution >= 0.6 is 0 Å². The highest BCUT2D eigenvalue weighted by Gasteiger charge is 1.86. The minimum absolute atomic E-state index is 0.713. The average Bonchev–Trinajstić information content (AvgIpc) is 2.03.